The Hall–Kier alpha value is -2.62. The molecule has 1 aromatic heterocycles. The Kier molecular flexibility index (Phi) is 7.45. The SMILES string of the molecule is CCCCCCCCc1ccc(N(Cn2ccnn2)c2ccccc2)cc1. The van der Waals surface area contributed by atoms with Crippen molar-refractivity contribution in [1.82, 2.24) is 15.0 Å². The number of rotatable bonds is 11. The summed E-state index contributed by atoms with van der Waals surface area (Å²) in [5, 5.41) is 8.04. The molecule has 0 fully saturated rings. The quantitative estimate of drug-likeness (QED) is 0.394. The maximum atomic E-state index is 4.12. The minimum Gasteiger partial charge on any atom is -0.321 e. The van der Waals surface area contributed by atoms with E-state index in [1.54, 1.807) is 6.20 Å². The van der Waals surface area contributed by atoms with Crippen LogP contribution in [0.2, 0.25) is 0 Å². The molecule has 0 spiro atoms. The Balaban J connectivity index is 1.63. The summed E-state index contributed by atoms with van der Waals surface area (Å²) in [4.78, 5) is 2.25. The first-order chi connectivity index (χ1) is 13.4. The molecule has 4 nitrogen and oxygen atoms in total. The fourth-order valence-corrected chi connectivity index (χ4v) is 3.33. The van der Waals surface area contributed by atoms with Crippen molar-refractivity contribution in [2.75, 3.05) is 4.90 Å². The van der Waals surface area contributed by atoms with Crippen molar-refractivity contribution in [2.45, 2.75) is 58.5 Å². The number of nitrogens with zero attached hydrogens (tertiary/aromatic N) is 4. The van der Waals surface area contributed by atoms with Gasteiger partial charge in [0, 0.05) is 17.6 Å². The second kappa shape index (κ2) is 10.5. The number of anilines is 2. The number of unbranched alkanes of at least 4 members (excludes halogenated alkanes) is 5. The van der Waals surface area contributed by atoms with Crippen LogP contribution in [0.4, 0.5) is 11.4 Å². The molecule has 0 aliphatic rings. The van der Waals surface area contributed by atoms with Crippen LogP contribution in [0, 0.1) is 0 Å². The lowest BCUT2D eigenvalue weighted by molar-refractivity contribution is 0.596. The highest BCUT2D eigenvalue weighted by molar-refractivity contribution is 5.62. The minimum atomic E-state index is 0.640. The maximum Gasteiger partial charge on any atom is 0.118 e. The first-order valence-electron chi connectivity index (χ1n) is 10.1. The van der Waals surface area contributed by atoms with Crippen LogP contribution in [-0.4, -0.2) is 15.0 Å². The summed E-state index contributed by atoms with van der Waals surface area (Å²) in [6.07, 6.45) is 12.8. The van der Waals surface area contributed by atoms with Crippen molar-refractivity contribution in [2.24, 2.45) is 0 Å². The van der Waals surface area contributed by atoms with Crippen molar-refractivity contribution >= 4 is 11.4 Å². The molecule has 0 amide bonds. The third-order valence-electron chi connectivity index (χ3n) is 4.89. The third-order valence-corrected chi connectivity index (χ3v) is 4.89. The van der Waals surface area contributed by atoms with E-state index in [0.29, 0.717) is 6.67 Å². The summed E-state index contributed by atoms with van der Waals surface area (Å²) in [6, 6.07) is 19.4. The molecular formula is C23H30N4. The van der Waals surface area contributed by atoms with Gasteiger partial charge < -0.3 is 4.90 Å². The van der Waals surface area contributed by atoms with Gasteiger partial charge >= 0.3 is 0 Å². The highest BCUT2D eigenvalue weighted by atomic mass is 15.5. The lowest BCUT2D eigenvalue weighted by Gasteiger charge is -2.25. The fraction of sp³-hybridized carbons (Fsp3) is 0.391. The van der Waals surface area contributed by atoms with Gasteiger partial charge in [0.1, 0.15) is 6.67 Å². The van der Waals surface area contributed by atoms with Gasteiger partial charge in [-0.3, -0.25) is 0 Å². The van der Waals surface area contributed by atoms with Crippen LogP contribution >= 0.6 is 0 Å². The zero-order chi connectivity index (χ0) is 18.7. The molecule has 0 bridgehead atoms. The van der Waals surface area contributed by atoms with E-state index in [0.717, 1.165) is 5.69 Å². The molecule has 0 N–H and O–H groups in total. The van der Waals surface area contributed by atoms with Gasteiger partial charge in [-0.2, -0.15) is 0 Å². The van der Waals surface area contributed by atoms with E-state index in [-0.39, 0.29) is 0 Å². The van der Waals surface area contributed by atoms with Gasteiger partial charge in [0.15, 0.2) is 0 Å². The molecular weight excluding hydrogens is 332 g/mol. The summed E-state index contributed by atoms with van der Waals surface area (Å²) in [7, 11) is 0. The molecule has 1 heterocycles. The topological polar surface area (TPSA) is 34.0 Å². The number of benzene rings is 2. The van der Waals surface area contributed by atoms with Crippen LogP contribution in [0.5, 0.6) is 0 Å². The van der Waals surface area contributed by atoms with E-state index < -0.39 is 0 Å². The van der Waals surface area contributed by atoms with Gasteiger partial charge in [0.2, 0.25) is 0 Å². The summed E-state index contributed by atoms with van der Waals surface area (Å²) in [5.41, 5.74) is 3.74. The molecule has 0 aliphatic heterocycles. The van der Waals surface area contributed by atoms with Crippen LogP contribution in [0.1, 0.15) is 51.0 Å². The highest BCUT2D eigenvalue weighted by Crippen LogP contribution is 2.26. The van der Waals surface area contributed by atoms with Crippen molar-refractivity contribution in [1.29, 1.82) is 0 Å². The van der Waals surface area contributed by atoms with Crippen molar-refractivity contribution in [3.8, 4) is 0 Å². The fourth-order valence-electron chi connectivity index (χ4n) is 3.33. The largest absolute Gasteiger partial charge is 0.321 e. The lowest BCUT2D eigenvalue weighted by Crippen LogP contribution is -2.21. The molecule has 0 saturated heterocycles. The van der Waals surface area contributed by atoms with E-state index in [1.807, 2.05) is 16.9 Å². The van der Waals surface area contributed by atoms with Crippen LogP contribution in [0.15, 0.2) is 67.0 Å². The molecule has 3 aromatic rings. The maximum absolute atomic E-state index is 4.12. The van der Waals surface area contributed by atoms with Crippen LogP contribution in [-0.2, 0) is 13.1 Å². The number of hydrogen-bond donors (Lipinski definition) is 0. The zero-order valence-corrected chi connectivity index (χ0v) is 16.3. The van der Waals surface area contributed by atoms with Crippen LogP contribution < -0.4 is 4.90 Å². The molecule has 0 aliphatic carbocycles. The number of aromatic nitrogens is 3. The predicted molar refractivity (Wildman–Crippen MR) is 112 cm³/mol. The normalized spacial score (nSPS) is 10.9. The standard InChI is InChI=1S/C23H30N4/c1-2-3-4-5-6-8-11-21-14-16-23(17-15-21)27(20-26-19-18-24-25-26)22-12-9-7-10-13-22/h7,9-10,12-19H,2-6,8,11,20H2,1H3. The van der Waals surface area contributed by atoms with Crippen LogP contribution in [0.25, 0.3) is 0 Å². The molecule has 4 heteroatoms. The van der Waals surface area contributed by atoms with Gasteiger partial charge in [0.25, 0.3) is 0 Å². The molecule has 0 radical (unpaired) electrons. The number of hydrogen-bond acceptors (Lipinski definition) is 3. The van der Waals surface area contributed by atoms with Crippen molar-refractivity contribution in [3.63, 3.8) is 0 Å². The summed E-state index contributed by atoms with van der Waals surface area (Å²) >= 11 is 0. The van der Waals surface area contributed by atoms with E-state index in [2.05, 4.69) is 70.7 Å². The highest BCUT2D eigenvalue weighted by Gasteiger charge is 2.10. The first kappa shape index (κ1) is 19.2. The zero-order valence-electron chi connectivity index (χ0n) is 16.3. The first-order valence-corrected chi connectivity index (χ1v) is 10.1. The Bertz CT molecular complexity index is 751. The Morgan fingerprint density at radius 2 is 1.52 bits per heavy atom. The lowest BCUT2D eigenvalue weighted by atomic mass is 10.0. The summed E-state index contributed by atoms with van der Waals surface area (Å²) in [5.74, 6) is 0. The second-order valence-electron chi connectivity index (χ2n) is 7.03. The van der Waals surface area contributed by atoms with Crippen molar-refractivity contribution in [3.05, 3.63) is 72.6 Å². The average molecular weight is 363 g/mol. The molecule has 0 saturated carbocycles. The minimum absolute atomic E-state index is 0.640. The van der Waals surface area contributed by atoms with E-state index in [1.165, 1.54) is 56.2 Å². The number of para-hydroxylation sites is 1. The number of aryl methyl sites for hydroxylation is 1. The third kappa shape index (κ3) is 5.95. The molecule has 27 heavy (non-hydrogen) atoms. The van der Waals surface area contributed by atoms with E-state index in [9.17, 15) is 0 Å². The van der Waals surface area contributed by atoms with E-state index >= 15 is 0 Å². The Morgan fingerprint density at radius 1 is 0.815 bits per heavy atom. The van der Waals surface area contributed by atoms with Gasteiger partial charge in [-0.25, -0.2) is 4.68 Å². The predicted octanol–water partition coefficient (Wildman–Crippen LogP) is 5.98. The Morgan fingerprint density at radius 3 is 2.22 bits per heavy atom. The van der Waals surface area contributed by atoms with Gasteiger partial charge in [-0.05, 0) is 42.7 Å². The summed E-state index contributed by atoms with van der Waals surface area (Å²) in [6.45, 7) is 2.91. The second-order valence-corrected chi connectivity index (χ2v) is 7.03. The monoisotopic (exact) mass is 362 g/mol. The molecule has 0 atom stereocenters. The molecule has 3 rings (SSSR count). The summed E-state index contributed by atoms with van der Waals surface area (Å²) < 4.78 is 1.84. The molecule has 2 aromatic carbocycles. The average Bonchev–Trinajstić information content (AvgIpc) is 3.23. The van der Waals surface area contributed by atoms with Gasteiger partial charge in [-0.15, -0.1) is 5.10 Å². The smallest absolute Gasteiger partial charge is 0.118 e. The van der Waals surface area contributed by atoms with Crippen LogP contribution in [0.3, 0.4) is 0 Å². The Labute approximate surface area is 162 Å². The molecule has 142 valence electrons. The van der Waals surface area contributed by atoms with Crippen molar-refractivity contribution < 1.29 is 0 Å². The molecule has 0 unspecified atom stereocenters. The van der Waals surface area contributed by atoms with Gasteiger partial charge in [-0.1, -0.05) is 74.6 Å². The van der Waals surface area contributed by atoms with E-state index in [4.69, 9.17) is 0 Å². The van der Waals surface area contributed by atoms with Gasteiger partial charge in [0.05, 0.1) is 6.20 Å².